The molecule has 1 rings (SSSR count). The molecule has 0 aromatic heterocycles. The average Bonchev–Trinajstić information content (AvgIpc) is 2.43. The lowest BCUT2D eigenvalue weighted by Gasteiger charge is -2.05. The van der Waals surface area contributed by atoms with Gasteiger partial charge in [-0.05, 0) is 0 Å². The van der Waals surface area contributed by atoms with Crippen LogP contribution in [-0.2, 0) is 4.74 Å². The van der Waals surface area contributed by atoms with E-state index in [1.54, 1.807) is 18.2 Å². The van der Waals surface area contributed by atoms with Crippen molar-refractivity contribution in [2.75, 3.05) is 6.61 Å². The number of nitrogens with two attached hydrogens (primary N) is 1. The first kappa shape index (κ1) is 7.91. The molecule has 0 saturated carbocycles. The van der Waals surface area contributed by atoms with Crippen molar-refractivity contribution in [1.29, 1.82) is 15.8 Å². The Balaban J connectivity index is 3.26. The van der Waals surface area contributed by atoms with Gasteiger partial charge in [-0.15, -0.1) is 0 Å². The first-order valence-electron chi connectivity index (χ1n) is 3.06. The van der Waals surface area contributed by atoms with Crippen LogP contribution in [0.5, 0.6) is 0 Å². The predicted molar refractivity (Wildman–Crippen MR) is 36.4 cm³/mol. The van der Waals surface area contributed by atoms with Crippen LogP contribution in [0.15, 0.2) is 11.5 Å². The van der Waals surface area contributed by atoms with Crippen LogP contribution in [0, 0.1) is 39.4 Å². The first-order valence-corrected chi connectivity index (χ1v) is 3.06. The van der Waals surface area contributed by atoms with Crippen molar-refractivity contribution in [3.05, 3.63) is 11.5 Å². The van der Waals surface area contributed by atoms with Crippen LogP contribution < -0.4 is 5.73 Å². The van der Waals surface area contributed by atoms with Gasteiger partial charge in [0.2, 0.25) is 11.3 Å². The van der Waals surface area contributed by atoms with E-state index in [-0.39, 0.29) is 18.1 Å². The largest absolute Gasteiger partial charge is 0.475 e. The molecule has 0 aromatic carbocycles. The van der Waals surface area contributed by atoms with E-state index in [9.17, 15) is 0 Å². The van der Waals surface area contributed by atoms with Crippen LogP contribution in [0.1, 0.15) is 0 Å². The van der Waals surface area contributed by atoms with Crippen molar-refractivity contribution < 1.29 is 4.74 Å². The van der Waals surface area contributed by atoms with Crippen molar-refractivity contribution in [1.82, 2.24) is 0 Å². The Hall–Kier alpha value is -2.19. The predicted octanol–water partition coefficient (Wildman–Crippen LogP) is -0.256. The van der Waals surface area contributed by atoms with Gasteiger partial charge in [-0.3, -0.25) is 0 Å². The Morgan fingerprint density at radius 2 is 1.92 bits per heavy atom. The van der Waals surface area contributed by atoms with Gasteiger partial charge in [0.15, 0.2) is 0 Å². The third-order valence-corrected chi connectivity index (χ3v) is 1.61. The number of ether oxygens (including phenoxy) is 1. The minimum Gasteiger partial charge on any atom is -0.475 e. The molecule has 0 aliphatic carbocycles. The Morgan fingerprint density at radius 3 is 2.25 bits per heavy atom. The van der Waals surface area contributed by atoms with Crippen LogP contribution in [-0.4, -0.2) is 6.61 Å². The molecule has 5 heteroatoms. The second-order valence-corrected chi connectivity index (χ2v) is 2.27. The maximum atomic E-state index is 8.64. The molecule has 1 aliphatic rings. The standard InChI is InChI=1S/C7H4N4O/c8-1-5-6(11)12-4-7(5,2-9)3-10/h4,11H2. The van der Waals surface area contributed by atoms with Gasteiger partial charge in [-0.25, -0.2) is 0 Å². The summed E-state index contributed by atoms with van der Waals surface area (Å²) in [7, 11) is 0. The minimum atomic E-state index is -1.50. The summed E-state index contributed by atoms with van der Waals surface area (Å²) in [4.78, 5) is 0. The van der Waals surface area contributed by atoms with E-state index in [1.807, 2.05) is 0 Å². The van der Waals surface area contributed by atoms with Crippen molar-refractivity contribution in [3.63, 3.8) is 0 Å². The van der Waals surface area contributed by atoms with E-state index in [1.165, 1.54) is 0 Å². The summed E-state index contributed by atoms with van der Waals surface area (Å²) in [6, 6.07) is 5.12. The van der Waals surface area contributed by atoms with Gasteiger partial charge in [-0.1, -0.05) is 0 Å². The lowest BCUT2D eigenvalue weighted by atomic mass is 9.86. The number of rotatable bonds is 0. The Kier molecular flexibility index (Phi) is 1.62. The Morgan fingerprint density at radius 1 is 1.33 bits per heavy atom. The highest BCUT2D eigenvalue weighted by molar-refractivity contribution is 5.45. The maximum absolute atomic E-state index is 8.64. The third-order valence-electron chi connectivity index (χ3n) is 1.61. The fraction of sp³-hybridized carbons (Fsp3) is 0.286. The summed E-state index contributed by atoms with van der Waals surface area (Å²) in [6.45, 7) is -0.158. The molecular weight excluding hydrogens is 156 g/mol. The van der Waals surface area contributed by atoms with E-state index in [0.29, 0.717) is 0 Å². The molecule has 1 heterocycles. The van der Waals surface area contributed by atoms with E-state index < -0.39 is 5.41 Å². The SMILES string of the molecule is N#CC1=C(N)OCC1(C#N)C#N. The molecule has 12 heavy (non-hydrogen) atoms. The van der Waals surface area contributed by atoms with Crippen molar-refractivity contribution in [2.24, 2.45) is 11.1 Å². The molecule has 5 nitrogen and oxygen atoms in total. The third kappa shape index (κ3) is 0.761. The van der Waals surface area contributed by atoms with E-state index in [2.05, 4.69) is 0 Å². The maximum Gasteiger partial charge on any atom is 0.217 e. The number of nitriles is 3. The van der Waals surface area contributed by atoms with Crippen molar-refractivity contribution in [3.8, 4) is 18.2 Å². The van der Waals surface area contributed by atoms with Crippen LogP contribution in [0.2, 0.25) is 0 Å². The van der Waals surface area contributed by atoms with Gasteiger partial charge < -0.3 is 10.5 Å². The minimum absolute atomic E-state index is 0.0903. The van der Waals surface area contributed by atoms with Crippen LogP contribution in [0.3, 0.4) is 0 Å². The van der Waals surface area contributed by atoms with E-state index in [4.69, 9.17) is 26.3 Å². The van der Waals surface area contributed by atoms with Crippen LogP contribution >= 0.6 is 0 Å². The topological polar surface area (TPSA) is 107 Å². The molecule has 0 unspecified atom stereocenters. The number of hydrogen-bond donors (Lipinski definition) is 1. The van der Waals surface area contributed by atoms with Crippen molar-refractivity contribution >= 4 is 0 Å². The van der Waals surface area contributed by atoms with Gasteiger partial charge in [0.1, 0.15) is 18.2 Å². The van der Waals surface area contributed by atoms with Gasteiger partial charge in [0.25, 0.3) is 0 Å². The fourth-order valence-electron chi connectivity index (χ4n) is 0.893. The molecule has 0 aromatic rings. The zero-order valence-electron chi connectivity index (χ0n) is 6.03. The lowest BCUT2D eigenvalue weighted by Crippen LogP contribution is -2.19. The number of nitrogens with zero attached hydrogens (tertiary/aromatic N) is 3. The van der Waals surface area contributed by atoms with Crippen LogP contribution in [0.25, 0.3) is 0 Å². The summed E-state index contributed by atoms with van der Waals surface area (Å²) in [5.74, 6) is -0.124. The Labute approximate surface area is 68.9 Å². The van der Waals surface area contributed by atoms with Crippen LogP contribution in [0.4, 0.5) is 0 Å². The molecule has 0 saturated heterocycles. The first-order chi connectivity index (χ1) is 5.70. The zero-order valence-corrected chi connectivity index (χ0v) is 6.03. The highest BCUT2D eigenvalue weighted by Crippen LogP contribution is 2.33. The lowest BCUT2D eigenvalue weighted by molar-refractivity contribution is 0.211. The highest BCUT2D eigenvalue weighted by Gasteiger charge is 2.44. The summed E-state index contributed by atoms with van der Waals surface area (Å²) >= 11 is 0. The molecule has 58 valence electrons. The molecule has 0 atom stereocenters. The fourth-order valence-corrected chi connectivity index (χ4v) is 0.893. The molecule has 0 amide bonds. The molecule has 0 fully saturated rings. The monoisotopic (exact) mass is 160 g/mol. The molecule has 0 spiro atoms. The summed E-state index contributed by atoms with van der Waals surface area (Å²) in [6.07, 6.45) is 0. The summed E-state index contributed by atoms with van der Waals surface area (Å²) < 4.78 is 4.74. The molecule has 0 radical (unpaired) electrons. The normalized spacial score (nSPS) is 18.8. The molecular formula is C7H4N4O. The highest BCUT2D eigenvalue weighted by atomic mass is 16.5. The van der Waals surface area contributed by atoms with Gasteiger partial charge in [0, 0.05) is 0 Å². The van der Waals surface area contributed by atoms with E-state index in [0.717, 1.165) is 0 Å². The van der Waals surface area contributed by atoms with Gasteiger partial charge in [0.05, 0.1) is 12.1 Å². The Bertz CT molecular complexity index is 348. The molecule has 2 N–H and O–H groups in total. The molecule has 1 aliphatic heterocycles. The van der Waals surface area contributed by atoms with E-state index >= 15 is 0 Å². The van der Waals surface area contributed by atoms with Gasteiger partial charge >= 0.3 is 0 Å². The second kappa shape index (κ2) is 2.45. The summed E-state index contributed by atoms with van der Waals surface area (Å²) in [5.41, 5.74) is 3.66. The molecule has 0 bridgehead atoms. The van der Waals surface area contributed by atoms with Crippen molar-refractivity contribution in [2.45, 2.75) is 0 Å². The quantitative estimate of drug-likeness (QED) is 0.525. The summed E-state index contributed by atoms with van der Waals surface area (Å²) in [5, 5.41) is 25.8. The average molecular weight is 160 g/mol. The number of hydrogen-bond acceptors (Lipinski definition) is 5. The smallest absolute Gasteiger partial charge is 0.217 e. The zero-order chi connectivity index (χ0) is 9.19. The van der Waals surface area contributed by atoms with Gasteiger partial charge in [-0.2, -0.15) is 15.8 Å². The second-order valence-electron chi connectivity index (χ2n) is 2.27.